The SMILES string of the molecule is COc1ccc(C(N)=S)c(Oc2ccc(Br)cc2Cl)c1. The molecule has 0 aromatic heterocycles. The summed E-state index contributed by atoms with van der Waals surface area (Å²) in [5, 5.41) is 0.482. The van der Waals surface area contributed by atoms with Gasteiger partial charge >= 0.3 is 0 Å². The molecule has 0 saturated heterocycles. The highest BCUT2D eigenvalue weighted by Crippen LogP contribution is 2.34. The largest absolute Gasteiger partial charge is 0.497 e. The van der Waals surface area contributed by atoms with E-state index < -0.39 is 0 Å². The van der Waals surface area contributed by atoms with Crippen LogP contribution in [0.5, 0.6) is 17.2 Å². The molecule has 0 amide bonds. The lowest BCUT2D eigenvalue weighted by atomic mass is 10.2. The molecule has 0 aliphatic carbocycles. The van der Waals surface area contributed by atoms with E-state index in [9.17, 15) is 0 Å². The quantitative estimate of drug-likeness (QED) is 0.800. The molecule has 0 radical (unpaired) electrons. The van der Waals surface area contributed by atoms with Gasteiger partial charge in [0, 0.05) is 10.5 Å². The fourth-order valence-electron chi connectivity index (χ4n) is 1.59. The first-order valence-corrected chi connectivity index (χ1v) is 7.20. The first-order chi connectivity index (χ1) is 9.51. The number of ether oxygens (including phenoxy) is 2. The van der Waals surface area contributed by atoms with E-state index in [2.05, 4.69) is 15.9 Å². The minimum Gasteiger partial charge on any atom is -0.497 e. The van der Waals surface area contributed by atoms with Gasteiger partial charge in [-0.15, -0.1) is 0 Å². The molecule has 0 atom stereocenters. The van der Waals surface area contributed by atoms with Gasteiger partial charge in [0.2, 0.25) is 0 Å². The van der Waals surface area contributed by atoms with Crippen molar-refractivity contribution in [2.45, 2.75) is 0 Å². The smallest absolute Gasteiger partial charge is 0.146 e. The number of nitrogens with two attached hydrogens (primary N) is 1. The van der Waals surface area contributed by atoms with Crippen molar-refractivity contribution < 1.29 is 9.47 Å². The van der Waals surface area contributed by atoms with E-state index in [-0.39, 0.29) is 4.99 Å². The van der Waals surface area contributed by atoms with E-state index in [1.54, 1.807) is 37.4 Å². The van der Waals surface area contributed by atoms with E-state index >= 15 is 0 Å². The first-order valence-electron chi connectivity index (χ1n) is 5.62. The van der Waals surface area contributed by atoms with Gasteiger partial charge in [0.1, 0.15) is 22.2 Å². The predicted octanol–water partition coefficient (Wildman–Crippen LogP) is 4.54. The third-order valence-electron chi connectivity index (χ3n) is 2.57. The number of methoxy groups -OCH3 is 1. The van der Waals surface area contributed by atoms with Crippen LogP contribution in [0.15, 0.2) is 40.9 Å². The van der Waals surface area contributed by atoms with Crippen LogP contribution < -0.4 is 15.2 Å². The van der Waals surface area contributed by atoms with Crippen molar-refractivity contribution in [3.8, 4) is 17.2 Å². The van der Waals surface area contributed by atoms with Crippen LogP contribution in [0, 0.1) is 0 Å². The third-order valence-corrected chi connectivity index (χ3v) is 3.58. The number of benzene rings is 2. The van der Waals surface area contributed by atoms with Crippen molar-refractivity contribution in [1.29, 1.82) is 0 Å². The Kier molecular flexibility index (Phi) is 4.86. The Bertz CT molecular complexity index is 664. The molecular weight excluding hydrogens is 362 g/mol. The molecule has 6 heteroatoms. The summed E-state index contributed by atoms with van der Waals surface area (Å²) in [6.07, 6.45) is 0. The zero-order valence-electron chi connectivity index (χ0n) is 10.5. The second kappa shape index (κ2) is 6.43. The lowest BCUT2D eigenvalue weighted by Gasteiger charge is -2.13. The summed E-state index contributed by atoms with van der Waals surface area (Å²) < 4.78 is 11.8. The zero-order valence-corrected chi connectivity index (χ0v) is 13.7. The highest BCUT2D eigenvalue weighted by molar-refractivity contribution is 9.10. The Morgan fingerprint density at radius 3 is 2.55 bits per heavy atom. The van der Waals surface area contributed by atoms with Gasteiger partial charge < -0.3 is 15.2 Å². The minimum atomic E-state index is 0.246. The summed E-state index contributed by atoms with van der Waals surface area (Å²) in [4.78, 5) is 0.246. The van der Waals surface area contributed by atoms with Crippen molar-refractivity contribution >= 4 is 44.7 Å². The van der Waals surface area contributed by atoms with Crippen molar-refractivity contribution in [2.24, 2.45) is 5.73 Å². The van der Waals surface area contributed by atoms with Gasteiger partial charge in [0.05, 0.1) is 17.7 Å². The maximum Gasteiger partial charge on any atom is 0.146 e. The van der Waals surface area contributed by atoms with E-state index in [1.165, 1.54) is 0 Å². The van der Waals surface area contributed by atoms with Crippen LogP contribution in [0.1, 0.15) is 5.56 Å². The summed E-state index contributed by atoms with van der Waals surface area (Å²) in [5.41, 5.74) is 6.32. The van der Waals surface area contributed by atoms with Gasteiger partial charge in [-0.05, 0) is 30.3 Å². The summed E-state index contributed by atoms with van der Waals surface area (Å²) >= 11 is 14.5. The van der Waals surface area contributed by atoms with Crippen LogP contribution in [-0.2, 0) is 0 Å². The number of halogens is 2. The summed E-state index contributed by atoms with van der Waals surface area (Å²) in [7, 11) is 1.58. The monoisotopic (exact) mass is 371 g/mol. The first kappa shape index (κ1) is 15.1. The topological polar surface area (TPSA) is 44.5 Å². The average molecular weight is 373 g/mol. The van der Waals surface area contributed by atoms with Crippen LogP contribution in [0.4, 0.5) is 0 Å². The second-order valence-electron chi connectivity index (χ2n) is 3.90. The molecule has 0 unspecified atom stereocenters. The van der Waals surface area contributed by atoms with E-state index in [0.29, 0.717) is 27.8 Å². The molecule has 0 bridgehead atoms. The Balaban J connectivity index is 2.43. The standard InChI is InChI=1S/C14H11BrClNO2S/c1-18-9-3-4-10(14(17)20)13(7-9)19-12-5-2-8(15)6-11(12)16/h2-7H,1H3,(H2,17,20). The van der Waals surface area contributed by atoms with Crippen LogP contribution >= 0.6 is 39.7 Å². The number of hydrogen-bond acceptors (Lipinski definition) is 3. The highest BCUT2D eigenvalue weighted by Gasteiger charge is 2.11. The molecule has 2 rings (SSSR count). The Labute approximate surface area is 135 Å². The molecule has 0 fully saturated rings. The van der Waals surface area contributed by atoms with E-state index in [1.807, 2.05) is 6.07 Å². The van der Waals surface area contributed by atoms with Gasteiger partial charge in [0.15, 0.2) is 0 Å². The molecule has 2 N–H and O–H groups in total. The summed E-state index contributed by atoms with van der Waals surface area (Å²) in [6.45, 7) is 0. The van der Waals surface area contributed by atoms with Crippen LogP contribution in [-0.4, -0.2) is 12.1 Å². The Morgan fingerprint density at radius 2 is 1.95 bits per heavy atom. The second-order valence-corrected chi connectivity index (χ2v) is 5.67. The van der Waals surface area contributed by atoms with Crippen molar-refractivity contribution in [3.63, 3.8) is 0 Å². The summed E-state index contributed by atoms with van der Waals surface area (Å²) in [5.74, 6) is 1.66. The van der Waals surface area contributed by atoms with Gasteiger partial charge in [-0.25, -0.2) is 0 Å². The summed E-state index contributed by atoms with van der Waals surface area (Å²) in [6, 6.07) is 10.6. The Morgan fingerprint density at radius 1 is 1.20 bits per heavy atom. The van der Waals surface area contributed by atoms with E-state index in [4.69, 9.17) is 39.0 Å². The predicted molar refractivity (Wildman–Crippen MR) is 88.1 cm³/mol. The molecule has 0 heterocycles. The maximum absolute atomic E-state index is 6.13. The Hall–Kier alpha value is -1.30. The fourth-order valence-corrected chi connectivity index (χ4v) is 2.47. The molecular formula is C14H11BrClNO2S. The van der Waals surface area contributed by atoms with E-state index in [0.717, 1.165) is 4.47 Å². The van der Waals surface area contributed by atoms with Gasteiger partial charge in [-0.1, -0.05) is 39.7 Å². The molecule has 0 aliphatic heterocycles. The molecule has 3 nitrogen and oxygen atoms in total. The molecule has 2 aromatic rings. The lowest BCUT2D eigenvalue weighted by Crippen LogP contribution is -2.10. The lowest BCUT2D eigenvalue weighted by molar-refractivity contribution is 0.409. The number of rotatable bonds is 4. The molecule has 0 aliphatic rings. The molecule has 0 spiro atoms. The van der Waals surface area contributed by atoms with Gasteiger partial charge in [-0.3, -0.25) is 0 Å². The maximum atomic E-state index is 6.13. The molecule has 104 valence electrons. The van der Waals surface area contributed by atoms with Crippen molar-refractivity contribution in [3.05, 3.63) is 51.5 Å². The fraction of sp³-hybridized carbons (Fsp3) is 0.0714. The van der Waals surface area contributed by atoms with Crippen LogP contribution in [0.2, 0.25) is 5.02 Å². The van der Waals surface area contributed by atoms with Gasteiger partial charge in [0.25, 0.3) is 0 Å². The normalized spacial score (nSPS) is 10.2. The third kappa shape index (κ3) is 3.42. The molecule has 2 aromatic carbocycles. The average Bonchev–Trinajstić information content (AvgIpc) is 2.41. The minimum absolute atomic E-state index is 0.246. The highest BCUT2D eigenvalue weighted by atomic mass is 79.9. The number of thiocarbonyl (C=S) groups is 1. The zero-order chi connectivity index (χ0) is 14.7. The molecule has 0 saturated carbocycles. The molecule has 20 heavy (non-hydrogen) atoms. The van der Waals surface area contributed by atoms with Crippen LogP contribution in [0.3, 0.4) is 0 Å². The number of hydrogen-bond donors (Lipinski definition) is 1. The van der Waals surface area contributed by atoms with Gasteiger partial charge in [-0.2, -0.15) is 0 Å². The van der Waals surface area contributed by atoms with Crippen LogP contribution in [0.25, 0.3) is 0 Å². The van der Waals surface area contributed by atoms with Crippen molar-refractivity contribution in [1.82, 2.24) is 0 Å². The van der Waals surface area contributed by atoms with Crippen molar-refractivity contribution in [2.75, 3.05) is 7.11 Å².